The lowest BCUT2D eigenvalue weighted by Gasteiger charge is -2.50. The summed E-state index contributed by atoms with van der Waals surface area (Å²) in [6.07, 6.45) is 2.89. The number of rotatable bonds is 7. The Labute approximate surface area is 303 Å². The lowest BCUT2D eigenvalue weighted by atomic mass is 9.49. The van der Waals surface area contributed by atoms with E-state index < -0.39 is 46.8 Å². The molecule has 6 atom stereocenters. The quantitative estimate of drug-likeness (QED) is 0.148. The van der Waals surface area contributed by atoms with E-state index in [1.54, 1.807) is 42.5 Å². The summed E-state index contributed by atoms with van der Waals surface area (Å²) >= 11 is 3.57. The van der Waals surface area contributed by atoms with Crippen LogP contribution in [0.1, 0.15) is 41.0 Å². The predicted octanol–water partition coefficient (Wildman–Crippen LogP) is 6.40. The fourth-order valence-electron chi connectivity index (χ4n) is 9.04. The molecule has 1 saturated carbocycles. The number of hydrogen-bond donors (Lipinski definition) is 3. The van der Waals surface area contributed by atoms with Gasteiger partial charge in [-0.25, -0.2) is 0 Å². The van der Waals surface area contributed by atoms with Gasteiger partial charge in [0.2, 0.25) is 11.8 Å². The standard InChI is InChI=1S/C41H36BrN3O6/c1-23-7-12-27(13-8-23)43-45-38(49)33-22-31-29(16-17-30-35(31)39(50)44(37(30)48)20-19-24-9-14-28(46)15-10-24)36(32-21-26(42)11-18-34(32)47)41(33,40(45)51)25-5-3-2-4-6-25/h2-16,18,21,30-31,33,35-36,43,46-47H,17,19-20,22H2,1H3. The van der Waals surface area contributed by atoms with Crippen LogP contribution in [-0.2, 0) is 31.0 Å². The number of nitrogens with one attached hydrogen (secondary N) is 1. The van der Waals surface area contributed by atoms with Gasteiger partial charge in [-0.2, -0.15) is 5.01 Å². The van der Waals surface area contributed by atoms with Gasteiger partial charge < -0.3 is 10.2 Å². The number of fused-ring (bicyclic) bond motifs is 4. The number of carbonyl (C=O) groups is 4. The van der Waals surface area contributed by atoms with Crippen molar-refractivity contribution in [3.63, 3.8) is 0 Å². The molecule has 0 bridgehead atoms. The van der Waals surface area contributed by atoms with E-state index in [4.69, 9.17) is 0 Å². The van der Waals surface area contributed by atoms with E-state index in [0.717, 1.165) is 21.7 Å². The molecular weight excluding hydrogens is 710 g/mol. The van der Waals surface area contributed by atoms with Crippen LogP contribution in [0.25, 0.3) is 0 Å². The number of aromatic hydroxyl groups is 2. The molecule has 4 amide bonds. The Morgan fingerprint density at radius 1 is 0.843 bits per heavy atom. The zero-order valence-electron chi connectivity index (χ0n) is 27.8. The van der Waals surface area contributed by atoms with E-state index in [1.807, 2.05) is 67.6 Å². The summed E-state index contributed by atoms with van der Waals surface area (Å²) in [5, 5.41) is 22.4. The molecule has 0 spiro atoms. The molecule has 9 nitrogen and oxygen atoms in total. The second-order valence-corrected chi connectivity index (χ2v) is 15.0. The molecule has 2 aliphatic heterocycles. The molecule has 3 N–H and O–H groups in total. The monoisotopic (exact) mass is 745 g/mol. The molecule has 10 heteroatoms. The first kappa shape index (κ1) is 33.0. The van der Waals surface area contributed by atoms with Gasteiger partial charge in [-0.05, 0) is 85.7 Å². The molecule has 51 heavy (non-hydrogen) atoms. The Bertz CT molecular complexity index is 2100. The summed E-state index contributed by atoms with van der Waals surface area (Å²) in [5.74, 6) is -4.86. The molecule has 258 valence electrons. The van der Waals surface area contributed by atoms with Crippen LogP contribution in [-0.4, -0.2) is 50.3 Å². The molecule has 4 aromatic carbocycles. The molecule has 0 radical (unpaired) electrons. The van der Waals surface area contributed by atoms with Gasteiger partial charge in [0, 0.05) is 22.5 Å². The second-order valence-electron chi connectivity index (χ2n) is 14.0. The number of carbonyl (C=O) groups excluding carboxylic acids is 4. The van der Waals surface area contributed by atoms with Crippen molar-refractivity contribution >= 4 is 45.2 Å². The topological polar surface area (TPSA) is 127 Å². The van der Waals surface area contributed by atoms with Crippen molar-refractivity contribution < 1.29 is 29.4 Å². The zero-order chi connectivity index (χ0) is 35.6. The molecule has 2 heterocycles. The van der Waals surface area contributed by atoms with Crippen LogP contribution in [0.3, 0.4) is 0 Å². The lowest BCUT2D eigenvalue weighted by Crippen LogP contribution is -2.53. The first-order chi connectivity index (χ1) is 24.6. The molecule has 2 aliphatic carbocycles. The van der Waals surface area contributed by atoms with Gasteiger partial charge in [0.05, 0.1) is 28.9 Å². The highest BCUT2D eigenvalue weighted by Gasteiger charge is 2.70. The number of hydrazine groups is 1. The number of nitrogens with zero attached hydrogens (tertiary/aromatic N) is 2. The van der Waals surface area contributed by atoms with Crippen molar-refractivity contribution in [3.05, 3.63) is 135 Å². The Morgan fingerprint density at radius 3 is 2.29 bits per heavy atom. The first-order valence-electron chi connectivity index (χ1n) is 17.2. The number of phenols is 2. The maximum absolute atomic E-state index is 15.2. The third-order valence-electron chi connectivity index (χ3n) is 11.3. The van der Waals surface area contributed by atoms with Crippen LogP contribution < -0.4 is 5.43 Å². The summed E-state index contributed by atoms with van der Waals surface area (Å²) in [5.41, 5.74) is 6.00. The van der Waals surface area contributed by atoms with Crippen LogP contribution in [0.5, 0.6) is 11.5 Å². The van der Waals surface area contributed by atoms with E-state index >= 15 is 4.79 Å². The Kier molecular flexibility index (Phi) is 8.09. The third kappa shape index (κ3) is 5.18. The number of likely N-dealkylation sites (tertiary alicyclic amines) is 1. The molecular formula is C41H36BrN3O6. The van der Waals surface area contributed by atoms with E-state index in [2.05, 4.69) is 21.4 Å². The van der Waals surface area contributed by atoms with Gasteiger partial charge in [-0.15, -0.1) is 0 Å². The molecule has 4 aliphatic rings. The van der Waals surface area contributed by atoms with Crippen LogP contribution in [0.15, 0.2) is 113 Å². The number of imide groups is 2. The minimum atomic E-state index is -1.46. The molecule has 8 rings (SSSR count). The normalized spacial score (nSPS) is 26.9. The maximum atomic E-state index is 15.2. The van der Waals surface area contributed by atoms with Gasteiger partial charge in [0.1, 0.15) is 11.5 Å². The van der Waals surface area contributed by atoms with Crippen molar-refractivity contribution in [3.8, 4) is 11.5 Å². The van der Waals surface area contributed by atoms with Crippen molar-refractivity contribution in [1.29, 1.82) is 0 Å². The summed E-state index contributed by atoms with van der Waals surface area (Å²) < 4.78 is 0.686. The second kappa shape index (κ2) is 12.5. The predicted molar refractivity (Wildman–Crippen MR) is 193 cm³/mol. The summed E-state index contributed by atoms with van der Waals surface area (Å²) in [4.78, 5) is 59.6. The van der Waals surface area contributed by atoms with Crippen LogP contribution in [0.2, 0.25) is 0 Å². The first-order valence-corrected chi connectivity index (χ1v) is 18.0. The zero-order valence-corrected chi connectivity index (χ0v) is 29.4. The largest absolute Gasteiger partial charge is 0.508 e. The smallest absolute Gasteiger partial charge is 0.260 e. The number of benzene rings is 4. The highest BCUT2D eigenvalue weighted by Crippen LogP contribution is 2.65. The van der Waals surface area contributed by atoms with E-state index in [1.165, 1.54) is 4.90 Å². The summed E-state index contributed by atoms with van der Waals surface area (Å²) in [6.45, 7) is 2.15. The number of aryl methyl sites for hydroxylation is 1. The van der Waals surface area contributed by atoms with Crippen molar-refractivity contribution in [2.45, 2.75) is 37.5 Å². The van der Waals surface area contributed by atoms with Gasteiger partial charge in [0.15, 0.2) is 0 Å². The number of amides is 4. The van der Waals surface area contributed by atoms with Gasteiger partial charge in [-0.1, -0.05) is 87.7 Å². The van der Waals surface area contributed by atoms with Crippen LogP contribution in [0.4, 0.5) is 5.69 Å². The average molecular weight is 747 g/mol. The maximum Gasteiger partial charge on any atom is 0.260 e. The molecule has 0 aromatic heterocycles. The molecule has 4 aromatic rings. The van der Waals surface area contributed by atoms with Gasteiger partial charge in [0.25, 0.3) is 11.8 Å². The summed E-state index contributed by atoms with van der Waals surface area (Å²) in [6, 6.07) is 28.4. The Hall–Kier alpha value is -5.22. The Morgan fingerprint density at radius 2 is 1.57 bits per heavy atom. The molecule has 3 fully saturated rings. The Balaban J connectivity index is 1.26. The van der Waals surface area contributed by atoms with E-state index in [-0.39, 0.29) is 36.3 Å². The fraction of sp³-hybridized carbons (Fsp3) is 0.268. The van der Waals surface area contributed by atoms with E-state index in [0.29, 0.717) is 34.1 Å². The van der Waals surface area contributed by atoms with Crippen LogP contribution >= 0.6 is 15.9 Å². The van der Waals surface area contributed by atoms with Crippen molar-refractivity contribution in [2.24, 2.45) is 23.7 Å². The lowest BCUT2D eigenvalue weighted by molar-refractivity contribution is -0.141. The number of phenolic OH excluding ortho intramolecular Hbond substituents is 2. The van der Waals surface area contributed by atoms with Crippen molar-refractivity contribution in [1.82, 2.24) is 9.91 Å². The highest BCUT2D eigenvalue weighted by molar-refractivity contribution is 9.10. The highest BCUT2D eigenvalue weighted by atomic mass is 79.9. The minimum Gasteiger partial charge on any atom is -0.508 e. The number of hydrogen-bond acceptors (Lipinski definition) is 7. The number of anilines is 1. The van der Waals surface area contributed by atoms with E-state index in [9.17, 15) is 24.6 Å². The van der Waals surface area contributed by atoms with Gasteiger partial charge in [-0.3, -0.25) is 29.5 Å². The minimum absolute atomic E-state index is 0.0320. The average Bonchev–Trinajstić information content (AvgIpc) is 3.50. The summed E-state index contributed by atoms with van der Waals surface area (Å²) in [7, 11) is 0. The molecule has 6 unspecified atom stereocenters. The van der Waals surface area contributed by atoms with Gasteiger partial charge >= 0.3 is 0 Å². The third-order valence-corrected chi connectivity index (χ3v) is 11.8. The SMILES string of the molecule is Cc1ccc(NN2C(=O)C3CC4C(=CCC5C(=O)N(CCc6ccc(O)cc6)C(=O)C54)C(c4cc(Br)ccc4O)C3(c3ccccc3)C2=O)cc1. The fourth-order valence-corrected chi connectivity index (χ4v) is 9.42. The van der Waals surface area contributed by atoms with Crippen molar-refractivity contribution in [2.75, 3.05) is 12.0 Å². The molecule has 2 saturated heterocycles. The number of halogens is 1. The van der Waals surface area contributed by atoms with Crippen LogP contribution in [0, 0.1) is 30.6 Å². The number of allylic oxidation sites excluding steroid dienone is 2.